The van der Waals surface area contributed by atoms with E-state index in [2.05, 4.69) is 31.9 Å². The molecular formula is C18H20BrN3O2. The molecule has 0 radical (unpaired) electrons. The monoisotopic (exact) mass is 389 g/mol. The molecule has 24 heavy (non-hydrogen) atoms. The van der Waals surface area contributed by atoms with Gasteiger partial charge in [0, 0.05) is 41.4 Å². The molecule has 2 amide bonds. The van der Waals surface area contributed by atoms with Gasteiger partial charge in [0.1, 0.15) is 0 Å². The van der Waals surface area contributed by atoms with Gasteiger partial charge in [-0.25, -0.2) is 0 Å². The summed E-state index contributed by atoms with van der Waals surface area (Å²) in [5.41, 5.74) is 3.48. The minimum Gasteiger partial charge on any atom is -0.385 e. The number of halogens is 1. The van der Waals surface area contributed by atoms with Crippen molar-refractivity contribution in [1.82, 2.24) is 0 Å². The lowest BCUT2D eigenvalue weighted by Crippen LogP contribution is -2.16. The Bertz CT molecular complexity index is 730. The Balaban J connectivity index is 1.79. The summed E-state index contributed by atoms with van der Waals surface area (Å²) in [6, 6.07) is 13.1. The molecule has 3 N–H and O–H groups in total. The van der Waals surface area contributed by atoms with Crippen LogP contribution >= 0.6 is 15.9 Å². The van der Waals surface area contributed by atoms with Crippen LogP contribution in [0.1, 0.15) is 18.9 Å². The van der Waals surface area contributed by atoms with Crippen molar-refractivity contribution in [1.29, 1.82) is 0 Å². The number of carbonyl (C=O) groups is 2. The fourth-order valence-corrected chi connectivity index (χ4v) is 2.65. The van der Waals surface area contributed by atoms with Gasteiger partial charge >= 0.3 is 0 Å². The van der Waals surface area contributed by atoms with Crippen molar-refractivity contribution in [3.8, 4) is 0 Å². The van der Waals surface area contributed by atoms with Crippen LogP contribution in [0.25, 0.3) is 0 Å². The van der Waals surface area contributed by atoms with Crippen LogP contribution in [0, 0.1) is 6.92 Å². The fraction of sp³-hybridized carbons (Fsp3) is 0.222. The second-order valence-corrected chi connectivity index (χ2v) is 6.36. The zero-order valence-corrected chi connectivity index (χ0v) is 15.2. The summed E-state index contributed by atoms with van der Waals surface area (Å²) < 4.78 is 0.988. The van der Waals surface area contributed by atoms with E-state index in [0.29, 0.717) is 13.0 Å². The van der Waals surface area contributed by atoms with E-state index >= 15 is 0 Å². The number of rotatable bonds is 6. The molecule has 0 aliphatic carbocycles. The molecule has 6 heteroatoms. The van der Waals surface area contributed by atoms with Crippen LogP contribution in [0.3, 0.4) is 0 Å². The summed E-state index contributed by atoms with van der Waals surface area (Å²) in [7, 11) is 0. The van der Waals surface area contributed by atoms with Crippen LogP contribution in [-0.4, -0.2) is 18.4 Å². The molecular weight excluding hydrogens is 370 g/mol. The number of benzene rings is 2. The number of hydrogen-bond donors (Lipinski definition) is 3. The smallest absolute Gasteiger partial charge is 0.226 e. The number of aryl methyl sites for hydroxylation is 1. The molecule has 0 heterocycles. The van der Waals surface area contributed by atoms with Gasteiger partial charge in [-0.3, -0.25) is 9.59 Å². The van der Waals surface area contributed by atoms with Gasteiger partial charge < -0.3 is 16.0 Å². The molecule has 5 nitrogen and oxygen atoms in total. The average molecular weight is 390 g/mol. The standard InChI is InChI=1S/C18H20BrN3O2/c1-12-11-14(19)3-8-17(12)22-18(24)9-10-20-15-4-6-16(7-5-15)21-13(2)23/h3-8,11,20H,9-10H2,1-2H3,(H,21,23)(H,22,24). The molecule has 2 aromatic carbocycles. The van der Waals surface area contributed by atoms with Crippen molar-refractivity contribution in [3.63, 3.8) is 0 Å². The van der Waals surface area contributed by atoms with Crippen LogP contribution < -0.4 is 16.0 Å². The predicted molar refractivity (Wildman–Crippen MR) is 101 cm³/mol. The Kier molecular flexibility index (Phi) is 6.37. The molecule has 0 aliphatic rings. The summed E-state index contributed by atoms with van der Waals surface area (Å²) in [5.74, 6) is -0.140. The Morgan fingerprint density at radius 2 is 1.67 bits per heavy atom. The quantitative estimate of drug-likeness (QED) is 0.694. The van der Waals surface area contributed by atoms with Crippen molar-refractivity contribution in [2.45, 2.75) is 20.3 Å². The second kappa shape index (κ2) is 8.49. The van der Waals surface area contributed by atoms with E-state index in [9.17, 15) is 9.59 Å². The van der Waals surface area contributed by atoms with Crippen molar-refractivity contribution < 1.29 is 9.59 Å². The van der Waals surface area contributed by atoms with Gasteiger partial charge in [0.25, 0.3) is 0 Å². The highest BCUT2D eigenvalue weighted by Gasteiger charge is 2.05. The SMILES string of the molecule is CC(=O)Nc1ccc(NCCC(=O)Nc2ccc(Br)cc2C)cc1. The van der Waals surface area contributed by atoms with Crippen molar-refractivity contribution in [2.24, 2.45) is 0 Å². The molecule has 0 spiro atoms. The highest BCUT2D eigenvalue weighted by atomic mass is 79.9. The fourth-order valence-electron chi connectivity index (χ4n) is 2.18. The van der Waals surface area contributed by atoms with E-state index in [0.717, 1.165) is 27.1 Å². The molecule has 0 bridgehead atoms. The van der Waals surface area contributed by atoms with Crippen molar-refractivity contribution in [2.75, 3.05) is 22.5 Å². The summed E-state index contributed by atoms with van der Waals surface area (Å²) in [6.07, 6.45) is 0.364. The van der Waals surface area contributed by atoms with Crippen molar-refractivity contribution >= 4 is 44.8 Å². The lowest BCUT2D eigenvalue weighted by atomic mass is 10.2. The molecule has 0 aliphatic heterocycles. The lowest BCUT2D eigenvalue weighted by molar-refractivity contribution is -0.116. The first-order valence-corrected chi connectivity index (χ1v) is 8.41. The zero-order chi connectivity index (χ0) is 17.5. The summed E-state index contributed by atoms with van der Waals surface area (Å²) in [6.45, 7) is 3.95. The normalized spacial score (nSPS) is 10.1. The molecule has 126 valence electrons. The molecule has 2 rings (SSSR count). The third-order valence-electron chi connectivity index (χ3n) is 3.35. The third-order valence-corrected chi connectivity index (χ3v) is 3.84. The minimum absolute atomic E-state index is 0.0391. The van der Waals surface area contributed by atoms with E-state index in [1.165, 1.54) is 6.92 Å². The van der Waals surface area contributed by atoms with Crippen LogP contribution in [0.4, 0.5) is 17.1 Å². The Morgan fingerprint density at radius 1 is 1.00 bits per heavy atom. The van der Waals surface area contributed by atoms with Gasteiger partial charge in [-0.05, 0) is 55.0 Å². The van der Waals surface area contributed by atoms with E-state index in [1.54, 1.807) is 0 Å². The maximum absolute atomic E-state index is 12.0. The number of nitrogens with one attached hydrogen (secondary N) is 3. The van der Waals surface area contributed by atoms with Gasteiger partial charge in [0.15, 0.2) is 0 Å². The molecule has 0 saturated carbocycles. The number of anilines is 3. The number of hydrogen-bond acceptors (Lipinski definition) is 3. The first-order valence-electron chi connectivity index (χ1n) is 7.61. The van der Waals surface area contributed by atoms with Crippen LogP contribution in [0.5, 0.6) is 0 Å². The Hall–Kier alpha value is -2.34. The van der Waals surface area contributed by atoms with Gasteiger partial charge in [0.05, 0.1) is 0 Å². The first-order chi connectivity index (χ1) is 11.4. The Labute approximate surface area is 150 Å². The Morgan fingerprint density at radius 3 is 2.29 bits per heavy atom. The highest BCUT2D eigenvalue weighted by molar-refractivity contribution is 9.10. The van der Waals surface area contributed by atoms with Crippen LogP contribution in [-0.2, 0) is 9.59 Å². The van der Waals surface area contributed by atoms with Gasteiger partial charge in [0.2, 0.25) is 11.8 Å². The van der Waals surface area contributed by atoms with Gasteiger partial charge in [-0.2, -0.15) is 0 Å². The predicted octanol–water partition coefficient (Wildman–Crippen LogP) is 4.16. The molecule has 0 saturated heterocycles. The zero-order valence-electron chi connectivity index (χ0n) is 13.7. The van der Waals surface area contributed by atoms with E-state index in [-0.39, 0.29) is 11.8 Å². The van der Waals surface area contributed by atoms with Crippen molar-refractivity contribution in [3.05, 3.63) is 52.5 Å². The maximum Gasteiger partial charge on any atom is 0.226 e. The summed E-state index contributed by atoms with van der Waals surface area (Å²) >= 11 is 3.40. The third kappa shape index (κ3) is 5.70. The largest absolute Gasteiger partial charge is 0.385 e. The minimum atomic E-state index is -0.101. The molecule has 0 atom stereocenters. The number of amides is 2. The summed E-state index contributed by atoms with van der Waals surface area (Å²) in [4.78, 5) is 23.0. The van der Waals surface area contributed by atoms with Crippen LogP contribution in [0.2, 0.25) is 0 Å². The molecule has 2 aromatic rings. The molecule has 0 unspecified atom stereocenters. The molecule has 0 fully saturated rings. The highest BCUT2D eigenvalue weighted by Crippen LogP contribution is 2.20. The van der Waals surface area contributed by atoms with E-state index < -0.39 is 0 Å². The second-order valence-electron chi connectivity index (χ2n) is 5.44. The van der Waals surface area contributed by atoms with Gasteiger partial charge in [-0.1, -0.05) is 15.9 Å². The topological polar surface area (TPSA) is 70.2 Å². The average Bonchev–Trinajstić information content (AvgIpc) is 2.51. The van der Waals surface area contributed by atoms with Crippen LogP contribution in [0.15, 0.2) is 46.9 Å². The van der Waals surface area contributed by atoms with Gasteiger partial charge in [-0.15, -0.1) is 0 Å². The van der Waals surface area contributed by atoms with E-state index in [1.807, 2.05) is 49.4 Å². The summed E-state index contributed by atoms with van der Waals surface area (Å²) in [5, 5.41) is 8.80. The molecule has 0 aromatic heterocycles. The van der Waals surface area contributed by atoms with E-state index in [4.69, 9.17) is 0 Å². The first kappa shape index (κ1) is 18.0. The maximum atomic E-state index is 12.0. The number of carbonyl (C=O) groups excluding carboxylic acids is 2. The lowest BCUT2D eigenvalue weighted by Gasteiger charge is -2.10.